The van der Waals surface area contributed by atoms with Crippen LogP contribution >= 0.6 is 23.1 Å². The Morgan fingerprint density at radius 1 is 0.879 bits per heavy atom. The first-order valence-electron chi connectivity index (χ1n) is 17.7. The van der Waals surface area contributed by atoms with Gasteiger partial charge in [-0.25, -0.2) is 36.1 Å². The van der Waals surface area contributed by atoms with Gasteiger partial charge in [-0.1, -0.05) is 11.6 Å². The second-order valence-electron chi connectivity index (χ2n) is 14.5. The number of nitrogens with one attached hydrogen (secondary N) is 1. The molecule has 4 aromatic rings. The molecule has 0 saturated heterocycles. The molecule has 1 N–H and O–H groups in total. The summed E-state index contributed by atoms with van der Waals surface area (Å²) in [5, 5.41) is 2.24. The van der Waals surface area contributed by atoms with E-state index in [1.807, 2.05) is 0 Å². The molecular weight excluding hydrogens is 822 g/mol. The number of likely N-dealkylation sites (N-methyl/N-ethyl adjacent to an activating group) is 1. The van der Waals surface area contributed by atoms with Crippen LogP contribution in [-0.4, -0.2) is 85.8 Å². The lowest BCUT2D eigenvalue weighted by Crippen LogP contribution is -2.45. The molecule has 15 nitrogen and oxygen atoms in total. The van der Waals surface area contributed by atoms with Gasteiger partial charge in [-0.2, -0.15) is 4.37 Å². The highest BCUT2D eigenvalue weighted by Gasteiger charge is 2.34. The number of anilines is 3. The molecule has 0 saturated carbocycles. The molecule has 0 spiro atoms. The summed E-state index contributed by atoms with van der Waals surface area (Å²) in [6.07, 6.45) is -0.430. The number of nitrogens with zero attached hydrogens (tertiary/aromatic N) is 5. The van der Waals surface area contributed by atoms with Crippen molar-refractivity contribution in [2.75, 3.05) is 48.4 Å². The van der Waals surface area contributed by atoms with Crippen LogP contribution in [0, 0.1) is 11.6 Å². The van der Waals surface area contributed by atoms with Gasteiger partial charge in [0, 0.05) is 53.9 Å². The van der Waals surface area contributed by atoms with Crippen molar-refractivity contribution in [2.45, 2.75) is 71.1 Å². The van der Waals surface area contributed by atoms with Gasteiger partial charge in [-0.15, -0.1) is 0 Å². The summed E-state index contributed by atoms with van der Waals surface area (Å²) >= 11 is 7.05. The molecule has 0 unspecified atom stereocenters. The Morgan fingerprint density at radius 3 is 2.14 bits per heavy atom. The van der Waals surface area contributed by atoms with Crippen molar-refractivity contribution in [1.29, 1.82) is 0 Å². The molecule has 3 amide bonds. The maximum absolute atomic E-state index is 15.9. The van der Waals surface area contributed by atoms with E-state index < -0.39 is 68.1 Å². The second-order valence-corrected chi connectivity index (χ2v) is 17.5. The van der Waals surface area contributed by atoms with Crippen LogP contribution in [-0.2, 0) is 26.0 Å². The third-order valence-electron chi connectivity index (χ3n) is 7.95. The molecule has 1 aromatic heterocycles. The molecule has 314 valence electrons. The molecule has 58 heavy (non-hydrogen) atoms. The number of hydrogen-bond acceptors (Lipinski definition) is 12. The van der Waals surface area contributed by atoms with E-state index in [-0.39, 0.29) is 46.8 Å². The van der Waals surface area contributed by atoms with Crippen molar-refractivity contribution >= 4 is 67.8 Å². The number of benzene rings is 3. The van der Waals surface area contributed by atoms with Crippen molar-refractivity contribution in [3.63, 3.8) is 0 Å². The van der Waals surface area contributed by atoms with Crippen LogP contribution < -0.4 is 24.0 Å². The minimum absolute atomic E-state index is 0.0622. The summed E-state index contributed by atoms with van der Waals surface area (Å²) in [6, 6.07) is 9.51. The number of ether oxygens (including phenoxy) is 4. The number of carbonyl (C=O) groups excluding carboxylic acids is 3. The lowest BCUT2D eigenvalue weighted by atomic mass is 10.1. The Balaban J connectivity index is 1.70. The summed E-state index contributed by atoms with van der Waals surface area (Å²) in [4.78, 5) is 45.8. The Bertz CT molecular complexity index is 2230. The van der Waals surface area contributed by atoms with Gasteiger partial charge >= 0.3 is 12.2 Å². The summed E-state index contributed by atoms with van der Waals surface area (Å²) in [5.41, 5.74) is -2.45. The smallest absolute Gasteiger partial charge is 0.414 e. The number of rotatable bonds is 14. The lowest BCUT2D eigenvalue weighted by Gasteiger charge is -2.31. The van der Waals surface area contributed by atoms with Gasteiger partial charge in [0.2, 0.25) is 5.13 Å². The van der Waals surface area contributed by atoms with Crippen LogP contribution in [0.15, 0.2) is 59.8 Å². The average molecular weight is 867 g/mol. The number of carbonyl (C=O) groups is 3. The Hall–Kier alpha value is -5.27. The fourth-order valence-corrected chi connectivity index (χ4v) is 7.63. The van der Waals surface area contributed by atoms with Crippen LogP contribution in [0.2, 0.25) is 5.02 Å². The summed E-state index contributed by atoms with van der Waals surface area (Å²) in [5.74, 6) is -3.03. The molecule has 3 aromatic carbocycles. The number of methoxy groups -OCH3 is 2. The van der Waals surface area contributed by atoms with Gasteiger partial charge < -0.3 is 29.2 Å². The Morgan fingerprint density at radius 2 is 1.55 bits per heavy atom. The molecule has 4 rings (SSSR count). The van der Waals surface area contributed by atoms with E-state index in [9.17, 15) is 22.8 Å². The first-order valence-corrected chi connectivity index (χ1v) is 20.3. The van der Waals surface area contributed by atoms with Gasteiger partial charge in [0.1, 0.15) is 45.6 Å². The largest absolute Gasteiger partial charge is 0.497 e. The maximum Gasteiger partial charge on any atom is 0.414 e. The molecule has 0 fully saturated rings. The average Bonchev–Trinajstić information content (AvgIpc) is 3.66. The molecule has 0 bridgehead atoms. The van der Waals surface area contributed by atoms with Gasteiger partial charge in [-0.3, -0.25) is 9.69 Å². The zero-order valence-electron chi connectivity index (χ0n) is 33.4. The van der Waals surface area contributed by atoms with E-state index in [0.717, 1.165) is 15.5 Å². The number of sulfonamides is 1. The van der Waals surface area contributed by atoms with E-state index in [0.29, 0.717) is 35.0 Å². The van der Waals surface area contributed by atoms with Crippen molar-refractivity contribution < 1.29 is 50.5 Å². The molecule has 0 atom stereocenters. The van der Waals surface area contributed by atoms with Crippen molar-refractivity contribution in [1.82, 2.24) is 14.3 Å². The molecule has 0 aliphatic carbocycles. The van der Waals surface area contributed by atoms with Crippen LogP contribution in [0.1, 0.15) is 64.4 Å². The zero-order valence-corrected chi connectivity index (χ0v) is 35.8. The predicted octanol–water partition coefficient (Wildman–Crippen LogP) is 8.13. The van der Waals surface area contributed by atoms with Crippen LogP contribution in [0.3, 0.4) is 0 Å². The summed E-state index contributed by atoms with van der Waals surface area (Å²) in [7, 11) is -2.06. The second kappa shape index (κ2) is 18.5. The standard InChI is InChI=1S/C38H45ClF2N6O9S2/c1-10-45(35(49)55-37(2,3)4)15-16-46(36(50)56-38(5,6)7)30-17-24(39)12-14-26(30)33(48)44-29-19-28(41)32(20-27(29)40)58(51,52)47(34-42-22-43-57-34)21-23-11-13-25(53-8)18-31(23)54-9/h11-14,17-20,22H,10,15-16,21H2,1-9H3,(H,44,48). The lowest BCUT2D eigenvalue weighted by molar-refractivity contribution is 0.0257. The number of halogens is 3. The van der Waals surface area contributed by atoms with Crippen LogP contribution in [0.4, 0.5) is 34.9 Å². The maximum atomic E-state index is 15.9. The zero-order chi connectivity index (χ0) is 43.2. The number of hydrogen-bond donors (Lipinski definition) is 1. The first kappa shape index (κ1) is 45.4. The van der Waals surface area contributed by atoms with Gasteiger partial charge in [0.25, 0.3) is 15.9 Å². The van der Waals surface area contributed by atoms with E-state index >= 15 is 8.78 Å². The Labute approximate surface area is 345 Å². The minimum atomic E-state index is -4.88. The number of amides is 3. The molecule has 0 aliphatic heterocycles. The van der Waals surface area contributed by atoms with E-state index in [4.69, 9.17) is 30.5 Å². The molecule has 20 heteroatoms. The van der Waals surface area contributed by atoms with E-state index in [2.05, 4.69) is 14.7 Å². The van der Waals surface area contributed by atoms with E-state index in [1.165, 1.54) is 43.4 Å². The predicted molar refractivity (Wildman–Crippen MR) is 216 cm³/mol. The quantitative estimate of drug-likeness (QED) is 0.130. The topological polar surface area (TPSA) is 170 Å². The van der Waals surface area contributed by atoms with Gasteiger partial charge in [0.15, 0.2) is 0 Å². The molecule has 1 heterocycles. The highest BCUT2D eigenvalue weighted by Crippen LogP contribution is 2.34. The van der Waals surface area contributed by atoms with Crippen LogP contribution in [0.5, 0.6) is 11.5 Å². The fraction of sp³-hybridized carbons (Fsp3) is 0.395. The molecular formula is C38H45ClF2N6O9S2. The monoisotopic (exact) mass is 866 g/mol. The van der Waals surface area contributed by atoms with Gasteiger partial charge in [0.05, 0.1) is 37.7 Å². The molecule has 0 aliphatic rings. The van der Waals surface area contributed by atoms with E-state index in [1.54, 1.807) is 60.6 Å². The third-order valence-corrected chi connectivity index (χ3v) is 10.7. The highest BCUT2D eigenvalue weighted by atomic mass is 35.5. The highest BCUT2D eigenvalue weighted by molar-refractivity contribution is 7.93. The van der Waals surface area contributed by atoms with Crippen LogP contribution in [0.25, 0.3) is 0 Å². The Kier molecular flexibility index (Phi) is 14.5. The molecule has 0 radical (unpaired) electrons. The number of aromatic nitrogens is 2. The van der Waals surface area contributed by atoms with Crippen molar-refractivity contribution in [3.05, 3.63) is 82.6 Å². The summed E-state index contributed by atoms with van der Waals surface area (Å²) < 4.78 is 86.3. The third kappa shape index (κ3) is 11.4. The first-order chi connectivity index (χ1) is 27.1. The normalized spacial score (nSPS) is 11.7. The SMILES string of the molecule is CCN(CCN(C(=O)OC(C)(C)C)c1cc(Cl)ccc1C(=O)Nc1cc(F)c(S(=O)(=O)N(Cc2ccc(OC)cc2OC)c2ncns2)cc1F)C(=O)OC(C)(C)C. The minimum Gasteiger partial charge on any atom is -0.497 e. The fourth-order valence-electron chi connectivity index (χ4n) is 5.27. The van der Waals surface area contributed by atoms with Crippen molar-refractivity contribution in [2.24, 2.45) is 0 Å². The van der Waals surface area contributed by atoms with Crippen molar-refractivity contribution in [3.8, 4) is 11.5 Å². The van der Waals surface area contributed by atoms with Gasteiger partial charge in [-0.05, 0) is 84.9 Å². The summed E-state index contributed by atoms with van der Waals surface area (Å²) in [6.45, 7) is 11.3.